The van der Waals surface area contributed by atoms with Crippen LogP contribution in [0.1, 0.15) is 46.3 Å². The molecule has 1 N–H and O–H groups in total. The number of rotatable bonds is 4. The normalized spacial score (nSPS) is 13.8. The van der Waals surface area contributed by atoms with Gasteiger partial charge in [0.25, 0.3) is 11.8 Å². The van der Waals surface area contributed by atoms with Crippen molar-refractivity contribution in [1.82, 2.24) is 9.88 Å². The maximum Gasteiger partial charge on any atom is 0.274 e. The van der Waals surface area contributed by atoms with Crippen molar-refractivity contribution in [2.75, 3.05) is 18.4 Å². The van der Waals surface area contributed by atoms with E-state index in [1.54, 1.807) is 23.1 Å². The lowest BCUT2D eigenvalue weighted by atomic mass is 10.1. The molecule has 5 nitrogen and oxygen atoms in total. The Morgan fingerprint density at radius 2 is 1.71 bits per heavy atom. The number of hydrogen-bond donors (Lipinski definition) is 1. The van der Waals surface area contributed by atoms with E-state index >= 15 is 0 Å². The molecule has 0 bridgehead atoms. The highest BCUT2D eigenvalue weighted by Gasteiger charge is 2.21. The van der Waals surface area contributed by atoms with Gasteiger partial charge < -0.3 is 10.2 Å². The minimum absolute atomic E-state index is 0.102. The van der Waals surface area contributed by atoms with Gasteiger partial charge in [-0.3, -0.25) is 9.59 Å². The summed E-state index contributed by atoms with van der Waals surface area (Å²) in [5, 5.41) is 2.82. The van der Waals surface area contributed by atoms with Crippen molar-refractivity contribution in [2.24, 2.45) is 0 Å². The Morgan fingerprint density at radius 1 is 1.04 bits per heavy atom. The Hall–Kier alpha value is -2.69. The van der Waals surface area contributed by atoms with Gasteiger partial charge in [-0.1, -0.05) is 25.1 Å². The lowest BCUT2D eigenvalue weighted by molar-refractivity contribution is 0.0787. The summed E-state index contributed by atoms with van der Waals surface area (Å²) >= 11 is 0. The quantitative estimate of drug-likeness (QED) is 0.940. The van der Waals surface area contributed by atoms with Crippen molar-refractivity contribution in [1.29, 1.82) is 0 Å². The van der Waals surface area contributed by atoms with E-state index in [1.807, 2.05) is 24.3 Å². The fraction of sp³-hybridized carbons (Fsp3) is 0.316. The second-order valence-corrected chi connectivity index (χ2v) is 5.91. The number of carbonyl (C=O) groups excluding carboxylic acids is 2. The third kappa shape index (κ3) is 3.62. The Bertz CT molecular complexity index is 735. The largest absolute Gasteiger partial charge is 0.337 e. The summed E-state index contributed by atoms with van der Waals surface area (Å²) in [7, 11) is 0. The second-order valence-electron chi connectivity index (χ2n) is 5.91. The molecule has 1 aromatic heterocycles. The molecule has 3 rings (SSSR count). The zero-order valence-corrected chi connectivity index (χ0v) is 13.8. The van der Waals surface area contributed by atoms with Gasteiger partial charge in [-0.2, -0.15) is 0 Å². The summed E-state index contributed by atoms with van der Waals surface area (Å²) < 4.78 is 0. The van der Waals surface area contributed by atoms with Gasteiger partial charge in [-0.05, 0) is 49.1 Å². The molecule has 1 aromatic carbocycles. The van der Waals surface area contributed by atoms with E-state index in [2.05, 4.69) is 17.2 Å². The first kappa shape index (κ1) is 16.2. The maximum absolute atomic E-state index is 12.4. The van der Waals surface area contributed by atoms with E-state index in [-0.39, 0.29) is 17.5 Å². The predicted octanol–water partition coefficient (Wildman–Crippen LogP) is 3.13. The van der Waals surface area contributed by atoms with Crippen LogP contribution >= 0.6 is 0 Å². The third-order valence-electron chi connectivity index (χ3n) is 4.21. The van der Waals surface area contributed by atoms with Crippen molar-refractivity contribution >= 4 is 17.5 Å². The molecule has 0 unspecified atom stereocenters. The summed E-state index contributed by atoms with van der Waals surface area (Å²) in [5.74, 6) is -0.412. The summed E-state index contributed by atoms with van der Waals surface area (Å²) in [6, 6.07) is 12.7. The standard InChI is InChI=1S/C19H21N3O2/c1-2-14-8-10-15(11-9-14)20-18(23)16-6-5-7-17(21-16)19(24)22-12-3-4-13-22/h5-11H,2-4,12-13H2,1H3,(H,20,23). The first-order chi connectivity index (χ1) is 11.7. The van der Waals surface area contributed by atoms with E-state index in [0.717, 1.165) is 38.0 Å². The van der Waals surface area contributed by atoms with E-state index in [1.165, 1.54) is 5.56 Å². The number of likely N-dealkylation sites (tertiary alicyclic amines) is 1. The molecular formula is C19H21N3O2. The van der Waals surface area contributed by atoms with Crippen molar-refractivity contribution in [2.45, 2.75) is 26.2 Å². The summed E-state index contributed by atoms with van der Waals surface area (Å²) in [4.78, 5) is 30.8. The van der Waals surface area contributed by atoms with Gasteiger partial charge in [-0.15, -0.1) is 0 Å². The van der Waals surface area contributed by atoms with E-state index in [0.29, 0.717) is 5.69 Å². The number of nitrogens with zero attached hydrogens (tertiary/aromatic N) is 2. The number of amides is 2. The summed E-state index contributed by atoms with van der Waals surface area (Å²) in [6.07, 6.45) is 3.01. The number of aromatic nitrogens is 1. The van der Waals surface area contributed by atoms with Crippen LogP contribution < -0.4 is 5.32 Å². The maximum atomic E-state index is 12.4. The first-order valence-electron chi connectivity index (χ1n) is 8.34. The molecule has 0 saturated carbocycles. The number of aryl methyl sites for hydroxylation is 1. The van der Waals surface area contributed by atoms with Gasteiger partial charge in [0.05, 0.1) is 0 Å². The van der Waals surface area contributed by atoms with E-state index < -0.39 is 0 Å². The highest BCUT2D eigenvalue weighted by atomic mass is 16.2. The lowest BCUT2D eigenvalue weighted by Crippen LogP contribution is -2.29. The molecule has 1 saturated heterocycles. The van der Waals surface area contributed by atoms with E-state index in [4.69, 9.17) is 0 Å². The molecule has 1 fully saturated rings. The fourth-order valence-corrected chi connectivity index (χ4v) is 2.78. The van der Waals surface area contributed by atoms with Crippen LogP contribution in [0.3, 0.4) is 0 Å². The Labute approximate surface area is 141 Å². The molecular weight excluding hydrogens is 302 g/mol. The van der Waals surface area contributed by atoms with Crippen LogP contribution in [0.2, 0.25) is 0 Å². The van der Waals surface area contributed by atoms with Gasteiger partial charge >= 0.3 is 0 Å². The van der Waals surface area contributed by atoms with Crippen molar-refractivity contribution in [3.05, 3.63) is 59.4 Å². The number of pyridine rings is 1. The van der Waals surface area contributed by atoms with Crippen LogP contribution in [0.25, 0.3) is 0 Å². The van der Waals surface area contributed by atoms with Crippen LogP contribution in [0.5, 0.6) is 0 Å². The van der Waals surface area contributed by atoms with Gasteiger partial charge in [-0.25, -0.2) is 4.98 Å². The van der Waals surface area contributed by atoms with Crippen LogP contribution in [0, 0.1) is 0 Å². The first-order valence-corrected chi connectivity index (χ1v) is 8.34. The minimum atomic E-state index is -0.310. The minimum Gasteiger partial charge on any atom is -0.337 e. The molecule has 124 valence electrons. The second kappa shape index (κ2) is 7.25. The molecule has 2 aromatic rings. The van der Waals surface area contributed by atoms with E-state index in [9.17, 15) is 9.59 Å². The number of anilines is 1. The van der Waals surface area contributed by atoms with Gasteiger partial charge in [0.1, 0.15) is 11.4 Å². The number of benzene rings is 1. The van der Waals surface area contributed by atoms with Gasteiger partial charge in [0, 0.05) is 18.8 Å². The van der Waals surface area contributed by atoms with Crippen LogP contribution in [0.15, 0.2) is 42.5 Å². The Morgan fingerprint density at radius 3 is 2.38 bits per heavy atom. The molecule has 0 aliphatic carbocycles. The number of nitrogens with one attached hydrogen (secondary N) is 1. The molecule has 2 amide bonds. The smallest absolute Gasteiger partial charge is 0.274 e. The molecule has 0 atom stereocenters. The van der Waals surface area contributed by atoms with Gasteiger partial charge in [0.2, 0.25) is 0 Å². The van der Waals surface area contributed by atoms with Crippen LogP contribution in [0.4, 0.5) is 5.69 Å². The molecule has 2 heterocycles. The average molecular weight is 323 g/mol. The fourth-order valence-electron chi connectivity index (χ4n) is 2.78. The van der Waals surface area contributed by atoms with Crippen molar-refractivity contribution < 1.29 is 9.59 Å². The van der Waals surface area contributed by atoms with Gasteiger partial charge in [0.15, 0.2) is 0 Å². The molecule has 1 aliphatic heterocycles. The van der Waals surface area contributed by atoms with Crippen molar-refractivity contribution in [3.8, 4) is 0 Å². The topological polar surface area (TPSA) is 62.3 Å². The zero-order chi connectivity index (χ0) is 16.9. The molecule has 5 heteroatoms. The van der Waals surface area contributed by atoms with Crippen molar-refractivity contribution in [3.63, 3.8) is 0 Å². The Kier molecular flexibility index (Phi) is 4.89. The summed E-state index contributed by atoms with van der Waals surface area (Å²) in [6.45, 7) is 3.61. The number of hydrogen-bond acceptors (Lipinski definition) is 3. The monoisotopic (exact) mass is 323 g/mol. The number of carbonyl (C=O) groups is 2. The predicted molar refractivity (Wildman–Crippen MR) is 93.1 cm³/mol. The molecule has 24 heavy (non-hydrogen) atoms. The third-order valence-corrected chi connectivity index (χ3v) is 4.21. The highest BCUT2D eigenvalue weighted by Crippen LogP contribution is 2.14. The lowest BCUT2D eigenvalue weighted by Gasteiger charge is -2.14. The highest BCUT2D eigenvalue weighted by molar-refractivity contribution is 6.03. The summed E-state index contributed by atoms with van der Waals surface area (Å²) in [5.41, 5.74) is 2.50. The Balaban J connectivity index is 1.72. The van der Waals surface area contributed by atoms with Crippen LogP contribution in [-0.4, -0.2) is 34.8 Å². The van der Waals surface area contributed by atoms with Crippen LogP contribution in [-0.2, 0) is 6.42 Å². The molecule has 1 aliphatic rings. The molecule has 0 radical (unpaired) electrons. The average Bonchev–Trinajstić information content (AvgIpc) is 3.16. The molecule has 0 spiro atoms. The SMILES string of the molecule is CCc1ccc(NC(=O)c2cccc(C(=O)N3CCCC3)n2)cc1. The zero-order valence-electron chi connectivity index (χ0n) is 13.8.